The average Bonchev–Trinajstić information content (AvgIpc) is 2.63. The van der Waals surface area contributed by atoms with Crippen LogP contribution in [0.1, 0.15) is 5.56 Å². The van der Waals surface area contributed by atoms with Gasteiger partial charge in [0, 0.05) is 18.8 Å². The molecule has 0 fully saturated rings. The van der Waals surface area contributed by atoms with Crippen LogP contribution in [-0.4, -0.2) is 37.9 Å². The molecule has 0 radical (unpaired) electrons. The van der Waals surface area contributed by atoms with Gasteiger partial charge in [-0.2, -0.15) is 0 Å². The Bertz CT molecular complexity index is 758. The van der Waals surface area contributed by atoms with Crippen LogP contribution in [0.5, 0.6) is 11.5 Å². The van der Waals surface area contributed by atoms with E-state index < -0.39 is 11.7 Å². The van der Waals surface area contributed by atoms with Crippen LogP contribution in [0, 0.1) is 5.82 Å². The molecule has 2 aromatic rings. The molecule has 0 saturated carbocycles. The fourth-order valence-electron chi connectivity index (χ4n) is 2.17. The number of hydrogen-bond acceptors (Lipinski definition) is 5. The summed E-state index contributed by atoms with van der Waals surface area (Å²) in [6.45, 7) is 0.886. The normalized spacial score (nSPS) is 10.5. The SMILES string of the molecule is COc1cc(CNCCO)ccc1OCC(=O)Nc1ccc(F)c(Cl)c1. The lowest BCUT2D eigenvalue weighted by molar-refractivity contribution is -0.118. The number of rotatable bonds is 9. The number of benzene rings is 2. The molecule has 0 heterocycles. The van der Waals surface area contributed by atoms with E-state index in [1.54, 1.807) is 12.1 Å². The second-order valence-electron chi connectivity index (χ2n) is 5.35. The monoisotopic (exact) mass is 382 g/mol. The van der Waals surface area contributed by atoms with Gasteiger partial charge in [0.15, 0.2) is 18.1 Å². The van der Waals surface area contributed by atoms with Crippen LogP contribution in [0.3, 0.4) is 0 Å². The molecule has 26 heavy (non-hydrogen) atoms. The summed E-state index contributed by atoms with van der Waals surface area (Å²) in [5, 5.41) is 14.3. The van der Waals surface area contributed by atoms with Crippen LogP contribution in [-0.2, 0) is 11.3 Å². The minimum Gasteiger partial charge on any atom is -0.493 e. The van der Waals surface area contributed by atoms with Crippen molar-refractivity contribution < 1.29 is 23.8 Å². The number of aliphatic hydroxyl groups is 1. The van der Waals surface area contributed by atoms with Crippen molar-refractivity contribution in [2.75, 3.05) is 32.2 Å². The summed E-state index contributed by atoms with van der Waals surface area (Å²) in [5.41, 5.74) is 1.33. The Labute approximate surface area is 155 Å². The second-order valence-corrected chi connectivity index (χ2v) is 5.76. The first-order chi connectivity index (χ1) is 12.5. The van der Waals surface area contributed by atoms with Gasteiger partial charge >= 0.3 is 0 Å². The number of hydrogen-bond donors (Lipinski definition) is 3. The first-order valence-electron chi connectivity index (χ1n) is 7.89. The van der Waals surface area contributed by atoms with Gasteiger partial charge in [-0.1, -0.05) is 17.7 Å². The average molecular weight is 383 g/mol. The van der Waals surface area contributed by atoms with Crippen LogP contribution >= 0.6 is 11.6 Å². The number of halogens is 2. The molecular formula is C18H20ClFN2O4. The molecule has 0 aliphatic heterocycles. The number of aliphatic hydroxyl groups excluding tert-OH is 1. The highest BCUT2D eigenvalue weighted by molar-refractivity contribution is 6.31. The quantitative estimate of drug-likeness (QED) is 0.581. The van der Waals surface area contributed by atoms with Crippen LogP contribution in [0.4, 0.5) is 10.1 Å². The van der Waals surface area contributed by atoms with Gasteiger partial charge in [0.1, 0.15) is 5.82 Å². The summed E-state index contributed by atoms with van der Waals surface area (Å²) in [6.07, 6.45) is 0. The molecule has 0 aliphatic carbocycles. The van der Waals surface area contributed by atoms with Crippen molar-refractivity contribution in [3.8, 4) is 11.5 Å². The van der Waals surface area contributed by atoms with E-state index in [-0.39, 0.29) is 18.2 Å². The van der Waals surface area contributed by atoms with E-state index in [4.69, 9.17) is 26.2 Å². The van der Waals surface area contributed by atoms with Crippen LogP contribution in [0.15, 0.2) is 36.4 Å². The molecule has 1 amide bonds. The van der Waals surface area contributed by atoms with Crippen LogP contribution in [0.25, 0.3) is 0 Å². The number of carbonyl (C=O) groups is 1. The lowest BCUT2D eigenvalue weighted by Gasteiger charge is -2.13. The molecule has 3 N–H and O–H groups in total. The Morgan fingerprint density at radius 2 is 2.04 bits per heavy atom. The molecule has 0 saturated heterocycles. The fourth-order valence-corrected chi connectivity index (χ4v) is 2.35. The Balaban J connectivity index is 1.92. The van der Waals surface area contributed by atoms with Gasteiger partial charge in [0.2, 0.25) is 0 Å². The van der Waals surface area contributed by atoms with E-state index in [0.717, 1.165) is 5.56 Å². The van der Waals surface area contributed by atoms with Crippen molar-refractivity contribution >= 4 is 23.2 Å². The molecule has 2 rings (SSSR count). The van der Waals surface area contributed by atoms with Gasteiger partial charge in [-0.05, 0) is 35.9 Å². The lowest BCUT2D eigenvalue weighted by Crippen LogP contribution is -2.20. The number of amides is 1. The third kappa shape index (κ3) is 5.87. The Kier molecular flexibility index (Phi) is 7.65. The highest BCUT2D eigenvalue weighted by Gasteiger charge is 2.10. The van der Waals surface area contributed by atoms with Gasteiger partial charge in [0.25, 0.3) is 5.91 Å². The maximum Gasteiger partial charge on any atom is 0.262 e. The number of anilines is 1. The molecule has 6 nitrogen and oxygen atoms in total. The van der Waals surface area contributed by atoms with Gasteiger partial charge in [-0.3, -0.25) is 4.79 Å². The standard InChI is InChI=1S/C18H20ClFN2O4/c1-25-17-8-12(10-21-6-7-23)2-5-16(17)26-11-18(24)22-13-3-4-15(20)14(19)9-13/h2-5,8-9,21,23H,6-7,10-11H2,1H3,(H,22,24). The smallest absolute Gasteiger partial charge is 0.262 e. The number of ether oxygens (including phenoxy) is 2. The van der Waals surface area contributed by atoms with Crippen LogP contribution < -0.4 is 20.1 Å². The summed E-state index contributed by atoms with van der Waals surface area (Å²) in [5.74, 6) is -0.0562. The summed E-state index contributed by atoms with van der Waals surface area (Å²) >= 11 is 5.68. The van der Waals surface area contributed by atoms with E-state index >= 15 is 0 Å². The molecule has 0 bridgehead atoms. The number of carbonyl (C=O) groups excluding carboxylic acids is 1. The largest absolute Gasteiger partial charge is 0.493 e. The Morgan fingerprint density at radius 3 is 2.73 bits per heavy atom. The topological polar surface area (TPSA) is 79.8 Å². The van der Waals surface area contributed by atoms with Gasteiger partial charge < -0.3 is 25.2 Å². The first-order valence-corrected chi connectivity index (χ1v) is 8.27. The van der Waals surface area contributed by atoms with Gasteiger partial charge in [-0.25, -0.2) is 4.39 Å². The van der Waals surface area contributed by atoms with Crippen molar-refractivity contribution in [1.82, 2.24) is 5.32 Å². The zero-order chi connectivity index (χ0) is 18.9. The van der Waals surface area contributed by atoms with E-state index in [9.17, 15) is 9.18 Å². The zero-order valence-electron chi connectivity index (χ0n) is 14.2. The minimum atomic E-state index is -0.556. The summed E-state index contributed by atoms with van der Waals surface area (Å²) < 4.78 is 23.9. The molecule has 8 heteroatoms. The third-order valence-electron chi connectivity index (χ3n) is 3.41. The molecule has 0 unspecified atom stereocenters. The molecule has 0 atom stereocenters. The summed E-state index contributed by atoms with van der Waals surface area (Å²) in [7, 11) is 1.51. The van der Waals surface area contributed by atoms with Crippen molar-refractivity contribution in [3.63, 3.8) is 0 Å². The molecule has 140 valence electrons. The van der Waals surface area contributed by atoms with E-state index in [1.807, 2.05) is 6.07 Å². The van der Waals surface area contributed by atoms with Crippen molar-refractivity contribution in [2.24, 2.45) is 0 Å². The number of methoxy groups -OCH3 is 1. The third-order valence-corrected chi connectivity index (χ3v) is 3.70. The lowest BCUT2D eigenvalue weighted by atomic mass is 10.2. The van der Waals surface area contributed by atoms with Gasteiger partial charge in [0.05, 0.1) is 18.7 Å². The fraction of sp³-hybridized carbons (Fsp3) is 0.278. The maximum atomic E-state index is 13.1. The van der Waals surface area contributed by atoms with Crippen molar-refractivity contribution in [1.29, 1.82) is 0 Å². The Hall–Kier alpha value is -2.35. The van der Waals surface area contributed by atoms with Crippen molar-refractivity contribution in [3.05, 3.63) is 52.8 Å². The van der Waals surface area contributed by atoms with Crippen LogP contribution in [0.2, 0.25) is 5.02 Å². The highest BCUT2D eigenvalue weighted by atomic mass is 35.5. The van der Waals surface area contributed by atoms with E-state index in [1.165, 1.54) is 25.3 Å². The van der Waals surface area contributed by atoms with E-state index in [2.05, 4.69) is 10.6 Å². The second kappa shape index (κ2) is 9.96. The van der Waals surface area contributed by atoms with Crippen molar-refractivity contribution in [2.45, 2.75) is 6.54 Å². The zero-order valence-corrected chi connectivity index (χ0v) is 15.0. The predicted molar refractivity (Wildman–Crippen MR) is 97.3 cm³/mol. The maximum absolute atomic E-state index is 13.1. The molecule has 2 aromatic carbocycles. The molecule has 0 aromatic heterocycles. The van der Waals surface area contributed by atoms with E-state index in [0.29, 0.717) is 30.3 Å². The Morgan fingerprint density at radius 1 is 1.23 bits per heavy atom. The summed E-state index contributed by atoms with van der Waals surface area (Å²) in [6, 6.07) is 9.23. The summed E-state index contributed by atoms with van der Waals surface area (Å²) in [4.78, 5) is 12.0. The number of nitrogens with one attached hydrogen (secondary N) is 2. The predicted octanol–water partition coefficient (Wildman–Crippen LogP) is 2.59. The minimum absolute atomic E-state index is 0.0622. The van der Waals surface area contributed by atoms with Gasteiger partial charge in [-0.15, -0.1) is 0 Å². The highest BCUT2D eigenvalue weighted by Crippen LogP contribution is 2.28. The molecule has 0 spiro atoms. The molecule has 0 aliphatic rings. The first kappa shape index (κ1) is 20.0. The molecular weight excluding hydrogens is 363 g/mol.